The molecule has 1 N–H and O–H groups in total. The molecule has 1 saturated carbocycles. The second kappa shape index (κ2) is 7.06. The summed E-state index contributed by atoms with van der Waals surface area (Å²) >= 11 is 1.64. The number of carbonyl (C=O) groups is 2. The van der Waals surface area contributed by atoms with Crippen molar-refractivity contribution in [3.05, 3.63) is 16.1 Å². The van der Waals surface area contributed by atoms with Crippen molar-refractivity contribution in [3.8, 4) is 0 Å². The molecule has 0 bridgehead atoms. The van der Waals surface area contributed by atoms with Gasteiger partial charge in [-0.3, -0.25) is 9.59 Å². The van der Waals surface area contributed by atoms with Crippen LogP contribution in [0.1, 0.15) is 64.1 Å². The topological polar surface area (TPSA) is 62.3 Å². The van der Waals surface area contributed by atoms with Crippen molar-refractivity contribution in [1.29, 1.82) is 0 Å². The van der Waals surface area contributed by atoms with Crippen LogP contribution in [-0.2, 0) is 16.1 Å². The van der Waals surface area contributed by atoms with E-state index in [4.69, 9.17) is 0 Å². The molecular weight excluding hydrogens is 334 g/mol. The summed E-state index contributed by atoms with van der Waals surface area (Å²) < 4.78 is 0. The lowest BCUT2D eigenvalue weighted by atomic mass is 9.65. The average molecular weight is 366 g/mol. The Morgan fingerprint density at radius 3 is 2.52 bits per heavy atom. The van der Waals surface area contributed by atoms with Crippen LogP contribution in [0, 0.1) is 16.7 Å². The van der Waals surface area contributed by atoms with Gasteiger partial charge >= 0.3 is 0 Å². The van der Waals surface area contributed by atoms with E-state index in [1.807, 2.05) is 26.2 Å². The minimum atomic E-state index is -0.555. The summed E-state index contributed by atoms with van der Waals surface area (Å²) in [6.45, 7) is 10.8. The number of thiazole rings is 1. The molecule has 1 heterocycles. The van der Waals surface area contributed by atoms with E-state index >= 15 is 0 Å². The fourth-order valence-corrected chi connectivity index (χ4v) is 4.52. The monoisotopic (exact) mass is 365 g/mol. The van der Waals surface area contributed by atoms with E-state index in [1.165, 1.54) is 0 Å². The van der Waals surface area contributed by atoms with Crippen LogP contribution in [0.4, 0.5) is 0 Å². The number of amides is 2. The lowest BCUT2D eigenvalue weighted by molar-refractivity contribution is -0.142. The summed E-state index contributed by atoms with van der Waals surface area (Å²) in [6, 6.07) is 0. The van der Waals surface area contributed by atoms with E-state index in [2.05, 4.69) is 24.1 Å². The van der Waals surface area contributed by atoms with E-state index in [9.17, 15) is 9.59 Å². The average Bonchev–Trinajstić information content (AvgIpc) is 3.08. The maximum atomic E-state index is 13.0. The number of hydrogen-bond donors (Lipinski definition) is 1. The zero-order chi connectivity index (χ0) is 19.0. The van der Waals surface area contributed by atoms with Crippen LogP contribution >= 0.6 is 11.3 Å². The van der Waals surface area contributed by atoms with Gasteiger partial charge in [-0.25, -0.2) is 4.98 Å². The van der Waals surface area contributed by atoms with Crippen molar-refractivity contribution in [2.45, 2.75) is 59.9 Å². The molecule has 25 heavy (non-hydrogen) atoms. The normalized spacial score (nSPS) is 25.2. The summed E-state index contributed by atoms with van der Waals surface area (Å²) in [5.41, 5.74) is -0.0357. The Morgan fingerprint density at radius 2 is 2.00 bits per heavy atom. The van der Waals surface area contributed by atoms with Gasteiger partial charge in [0.2, 0.25) is 11.8 Å². The Kier molecular flexibility index (Phi) is 5.62. The fourth-order valence-electron chi connectivity index (χ4n) is 3.69. The number of carbonyl (C=O) groups excluding carboxylic acids is 2. The molecule has 1 aromatic heterocycles. The highest BCUT2D eigenvalue weighted by Gasteiger charge is 2.58. The van der Waals surface area contributed by atoms with Crippen molar-refractivity contribution < 1.29 is 9.59 Å². The van der Waals surface area contributed by atoms with Crippen molar-refractivity contribution in [2.24, 2.45) is 16.7 Å². The molecule has 1 aliphatic carbocycles. The Labute approximate surface area is 155 Å². The van der Waals surface area contributed by atoms with E-state index < -0.39 is 5.41 Å². The van der Waals surface area contributed by atoms with Crippen molar-refractivity contribution in [1.82, 2.24) is 15.2 Å². The number of nitrogens with zero attached hydrogens (tertiary/aromatic N) is 2. The lowest BCUT2D eigenvalue weighted by Gasteiger charge is -2.40. The molecule has 2 amide bonds. The first kappa shape index (κ1) is 19.9. The molecule has 0 saturated heterocycles. The first-order valence-electron chi connectivity index (χ1n) is 8.94. The summed E-state index contributed by atoms with van der Waals surface area (Å²) in [5, 5.41) is 6.16. The first-order chi connectivity index (χ1) is 11.5. The SMILES string of the molecule is CC(C)c1nc(CNC(=O)[C@@]2(C)CCC(C(=O)N(C)C)C2(C)C)cs1. The predicted octanol–water partition coefficient (Wildman–Crippen LogP) is 3.41. The standard InChI is InChI=1S/C19H31N3O2S/c1-12(2)15-21-13(11-25-15)10-20-17(24)19(5)9-8-14(18(19,3)4)16(23)22(6)7/h11-12,14H,8-10H2,1-7H3,(H,20,24)/t14?,19-/m1/s1. The van der Waals surface area contributed by atoms with Gasteiger partial charge in [0.05, 0.1) is 22.7 Å². The molecule has 0 spiro atoms. The van der Waals surface area contributed by atoms with Gasteiger partial charge in [-0.2, -0.15) is 0 Å². The van der Waals surface area contributed by atoms with E-state index in [1.54, 1.807) is 30.3 Å². The number of rotatable bonds is 5. The molecule has 140 valence electrons. The molecule has 0 radical (unpaired) electrons. The van der Waals surface area contributed by atoms with Crippen LogP contribution in [-0.4, -0.2) is 35.8 Å². The van der Waals surface area contributed by atoms with Gasteiger partial charge in [0.25, 0.3) is 0 Å². The van der Waals surface area contributed by atoms with Crippen molar-refractivity contribution >= 4 is 23.2 Å². The molecule has 0 aliphatic heterocycles. The molecule has 1 aliphatic rings. The summed E-state index contributed by atoms with van der Waals surface area (Å²) in [7, 11) is 3.56. The quantitative estimate of drug-likeness (QED) is 0.870. The molecule has 6 heteroatoms. The number of nitrogens with one attached hydrogen (secondary N) is 1. The van der Waals surface area contributed by atoms with E-state index in [-0.39, 0.29) is 23.1 Å². The smallest absolute Gasteiger partial charge is 0.226 e. The maximum Gasteiger partial charge on any atom is 0.226 e. The Morgan fingerprint density at radius 1 is 1.36 bits per heavy atom. The molecule has 1 unspecified atom stereocenters. The van der Waals surface area contributed by atoms with Gasteiger partial charge < -0.3 is 10.2 Å². The maximum absolute atomic E-state index is 13.0. The van der Waals surface area contributed by atoms with Gasteiger partial charge in [0.15, 0.2) is 0 Å². The second-order valence-electron chi connectivity index (χ2n) is 8.39. The third kappa shape index (κ3) is 3.59. The van der Waals surface area contributed by atoms with Crippen LogP contribution < -0.4 is 5.32 Å². The van der Waals surface area contributed by atoms with Crippen molar-refractivity contribution in [3.63, 3.8) is 0 Å². The van der Waals surface area contributed by atoms with Crippen LogP contribution in [0.2, 0.25) is 0 Å². The zero-order valence-electron chi connectivity index (χ0n) is 16.5. The largest absolute Gasteiger partial charge is 0.350 e. The Bertz CT molecular complexity index is 651. The number of aromatic nitrogens is 1. The molecule has 2 rings (SSSR count). The first-order valence-corrected chi connectivity index (χ1v) is 9.82. The van der Waals surface area contributed by atoms with Crippen molar-refractivity contribution in [2.75, 3.05) is 14.1 Å². The van der Waals surface area contributed by atoms with Gasteiger partial charge in [-0.15, -0.1) is 11.3 Å². The second-order valence-corrected chi connectivity index (χ2v) is 9.28. The van der Waals surface area contributed by atoms with Crippen LogP contribution in [0.25, 0.3) is 0 Å². The van der Waals surface area contributed by atoms with Gasteiger partial charge in [0, 0.05) is 31.3 Å². The third-order valence-electron chi connectivity index (χ3n) is 5.96. The van der Waals surface area contributed by atoms with Gasteiger partial charge in [-0.1, -0.05) is 34.6 Å². The van der Waals surface area contributed by atoms with Crippen LogP contribution in [0.15, 0.2) is 5.38 Å². The minimum Gasteiger partial charge on any atom is -0.350 e. The van der Waals surface area contributed by atoms with Gasteiger partial charge in [0.1, 0.15) is 0 Å². The lowest BCUT2D eigenvalue weighted by Crippen LogP contribution is -2.49. The van der Waals surface area contributed by atoms with E-state index in [0.717, 1.165) is 23.5 Å². The molecule has 2 atom stereocenters. The minimum absolute atomic E-state index is 0.0191. The highest BCUT2D eigenvalue weighted by molar-refractivity contribution is 7.09. The Balaban J connectivity index is 2.08. The molecule has 1 aromatic rings. The number of hydrogen-bond acceptors (Lipinski definition) is 4. The van der Waals surface area contributed by atoms with Crippen LogP contribution in [0.3, 0.4) is 0 Å². The summed E-state index contributed by atoms with van der Waals surface area (Å²) in [6.07, 6.45) is 1.48. The van der Waals surface area contributed by atoms with Crippen LogP contribution in [0.5, 0.6) is 0 Å². The zero-order valence-corrected chi connectivity index (χ0v) is 17.3. The fraction of sp³-hybridized carbons (Fsp3) is 0.737. The Hall–Kier alpha value is -1.43. The predicted molar refractivity (Wildman–Crippen MR) is 101 cm³/mol. The van der Waals surface area contributed by atoms with E-state index in [0.29, 0.717) is 12.5 Å². The molecular formula is C19H31N3O2S. The summed E-state index contributed by atoms with van der Waals surface area (Å²) in [5.74, 6) is 0.414. The van der Waals surface area contributed by atoms with Gasteiger partial charge in [-0.05, 0) is 18.3 Å². The summed E-state index contributed by atoms with van der Waals surface area (Å²) in [4.78, 5) is 31.7. The highest BCUT2D eigenvalue weighted by Crippen LogP contribution is 2.56. The molecule has 0 aromatic carbocycles. The third-order valence-corrected chi connectivity index (χ3v) is 7.15. The highest BCUT2D eigenvalue weighted by atomic mass is 32.1. The molecule has 1 fully saturated rings. The molecule has 5 nitrogen and oxygen atoms in total.